The van der Waals surface area contributed by atoms with Crippen molar-refractivity contribution in [1.29, 1.82) is 0 Å². The van der Waals surface area contributed by atoms with E-state index in [1.165, 1.54) is 5.56 Å². The van der Waals surface area contributed by atoms with Crippen LogP contribution < -0.4 is 10.1 Å². The Labute approximate surface area is 113 Å². The van der Waals surface area contributed by atoms with Gasteiger partial charge in [0.05, 0.1) is 13.2 Å². The van der Waals surface area contributed by atoms with Crippen LogP contribution in [0.25, 0.3) is 0 Å². The van der Waals surface area contributed by atoms with Crippen molar-refractivity contribution in [2.45, 2.75) is 18.9 Å². The summed E-state index contributed by atoms with van der Waals surface area (Å²) in [5.41, 5.74) is 2.06. The lowest BCUT2D eigenvalue weighted by Crippen LogP contribution is -2.19. The molecule has 0 saturated carbocycles. The molecule has 1 atom stereocenters. The van der Waals surface area contributed by atoms with Gasteiger partial charge in [0.1, 0.15) is 5.69 Å². The normalized spacial score (nSPS) is 12.1. The monoisotopic (exact) mass is 258 g/mol. The zero-order chi connectivity index (χ0) is 13.5. The molecular weight excluding hydrogens is 240 g/mol. The molecule has 1 unspecified atom stereocenters. The molecule has 0 aliphatic carbocycles. The minimum Gasteiger partial charge on any atom is -0.480 e. The Morgan fingerprint density at radius 2 is 2.11 bits per heavy atom. The van der Waals surface area contributed by atoms with Gasteiger partial charge < -0.3 is 10.1 Å². The lowest BCUT2D eigenvalue weighted by Gasteiger charge is -2.17. The van der Waals surface area contributed by atoms with Gasteiger partial charge in [0, 0.05) is 24.8 Å². The fraction of sp³-hybridized carbons (Fsp3) is 0.357. The first-order valence-corrected chi connectivity index (χ1v) is 6.26. The number of pyridine rings is 1. The van der Waals surface area contributed by atoms with Gasteiger partial charge in [0.2, 0.25) is 5.88 Å². The fourth-order valence-electron chi connectivity index (χ4n) is 2.01. The lowest BCUT2D eigenvalue weighted by atomic mass is 10.0. The van der Waals surface area contributed by atoms with Gasteiger partial charge in [-0.05, 0) is 31.5 Å². The molecule has 2 heterocycles. The first kappa shape index (κ1) is 13.4. The van der Waals surface area contributed by atoms with Gasteiger partial charge in [0.15, 0.2) is 0 Å². The molecule has 0 aromatic carbocycles. The minimum atomic E-state index is 0.115. The second-order valence-electron chi connectivity index (χ2n) is 4.19. The summed E-state index contributed by atoms with van der Waals surface area (Å²) in [5, 5.41) is 3.26. The third-order valence-corrected chi connectivity index (χ3v) is 3.01. The van der Waals surface area contributed by atoms with E-state index in [-0.39, 0.29) is 6.04 Å². The molecule has 0 aliphatic rings. The summed E-state index contributed by atoms with van der Waals surface area (Å²) in [5.74, 6) is 0.577. The molecule has 2 aromatic rings. The van der Waals surface area contributed by atoms with E-state index < -0.39 is 0 Å². The van der Waals surface area contributed by atoms with Crippen LogP contribution in [0.2, 0.25) is 0 Å². The van der Waals surface area contributed by atoms with Crippen LogP contribution in [0.1, 0.15) is 23.7 Å². The number of hydrogen-bond donors (Lipinski definition) is 1. The first-order valence-electron chi connectivity index (χ1n) is 6.26. The number of hydrogen-bond acceptors (Lipinski definition) is 5. The number of aromatic nitrogens is 3. The smallest absolute Gasteiger partial charge is 0.236 e. The molecular formula is C14H18N4O. The molecule has 0 spiro atoms. The molecule has 2 rings (SSSR count). The number of nitrogens with zero attached hydrogens (tertiary/aromatic N) is 3. The van der Waals surface area contributed by atoms with Crippen LogP contribution in [-0.2, 0) is 6.42 Å². The Morgan fingerprint density at radius 3 is 2.79 bits per heavy atom. The van der Waals surface area contributed by atoms with Gasteiger partial charge in [0.25, 0.3) is 0 Å². The Balaban J connectivity index is 2.08. The van der Waals surface area contributed by atoms with Crippen LogP contribution in [0.3, 0.4) is 0 Å². The maximum absolute atomic E-state index is 5.25. The van der Waals surface area contributed by atoms with Gasteiger partial charge in [-0.25, -0.2) is 4.98 Å². The number of ether oxygens (including phenoxy) is 1. The fourth-order valence-corrected chi connectivity index (χ4v) is 2.01. The number of methoxy groups -OCH3 is 1. The van der Waals surface area contributed by atoms with Crippen LogP contribution in [0.5, 0.6) is 5.88 Å². The zero-order valence-corrected chi connectivity index (χ0v) is 11.2. The first-order chi connectivity index (χ1) is 9.35. The van der Waals surface area contributed by atoms with Crippen molar-refractivity contribution in [2.75, 3.05) is 14.2 Å². The van der Waals surface area contributed by atoms with E-state index in [2.05, 4.69) is 26.3 Å². The highest BCUT2D eigenvalue weighted by Gasteiger charge is 2.16. The molecule has 0 amide bonds. The standard InChI is InChI=1S/C14H18N4O/c1-15-12(6-5-11-4-3-7-16-10-11)13-14(19-2)18-9-8-17-13/h3-4,7-10,12,15H,5-6H2,1-2H3. The second-order valence-corrected chi connectivity index (χ2v) is 4.19. The van der Waals surface area contributed by atoms with Crippen molar-refractivity contribution >= 4 is 0 Å². The van der Waals surface area contributed by atoms with Gasteiger partial charge in [-0.2, -0.15) is 0 Å². The van der Waals surface area contributed by atoms with E-state index in [4.69, 9.17) is 4.74 Å². The van der Waals surface area contributed by atoms with Crippen molar-refractivity contribution < 1.29 is 4.74 Å². The quantitative estimate of drug-likeness (QED) is 0.855. The van der Waals surface area contributed by atoms with Crippen LogP contribution >= 0.6 is 0 Å². The van der Waals surface area contributed by atoms with Gasteiger partial charge in [-0.1, -0.05) is 6.07 Å². The van der Waals surface area contributed by atoms with Gasteiger partial charge >= 0.3 is 0 Å². The van der Waals surface area contributed by atoms with Crippen molar-refractivity contribution in [3.05, 3.63) is 48.2 Å². The SMILES string of the molecule is CNC(CCc1cccnc1)c1nccnc1OC. The predicted octanol–water partition coefficient (Wildman–Crippen LogP) is 1.77. The van der Waals surface area contributed by atoms with Crippen molar-refractivity contribution in [1.82, 2.24) is 20.3 Å². The summed E-state index contributed by atoms with van der Waals surface area (Å²) in [6.45, 7) is 0. The highest BCUT2D eigenvalue weighted by molar-refractivity contribution is 5.21. The molecule has 0 aliphatic heterocycles. The molecule has 0 radical (unpaired) electrons. The maximum Gasteiger partial charge on any atom is 0.236 e. The summed E-state index contributed by atoms with van der Waals surface area (Å²) >= 11 is 0. The average Bonchev–Trinajstić information content (AvgIpc) is 2.49. The number of rotatable bonds is 6. The van der Waals surface area contributed by atoms with Crippen molar-refractivity contribution in [3.8, 4) is 5.88 Å². The van der Waals surface area contributed by atoms with Crippen LogP contribution in [-0.4, -0.2) is 29.1 Å². The molecule has 1 N–H and O–H groups in total. The maximum atomic E-state index is 5.25. The minimum absolute atomic E-state index is 0.115. The molecule has 0 fully saturated rings. The summed E-state index contributed by atoms with van der Waals surface area (Å²) in [4.78, 5) is 12.7. The van der Waals surface area contributed by atoms with E-state index in [1.54, 1.807) is 25.7 Å². The molecule has 5 heteroatoms. The Bertz CT molecular complexity index is 504. The molecule has 0 saturated heterocycles. The summed E-state index contributed by atoms with van der Waals surface area (Å²) < 4.78 is 5.25. The Kier molecular flexibility index (Phi) is 4.80. The van der Waals surface area contributed by atoms with Crippen molar-refractivity contribution in [3.63, 3.8) is 0 Å². The summed E-state index contributed by atoms with van der Waals surface area (Å²) in [7, 11) is 3.53. The van der Waals surface area contributed by atoms with E-state index in [0.717, 1.165) is 18.5 Å². The molecule has 0 bridgehead atoms. The van der Waals surface area contributed by atoms with Crippen LogP contribution in [0, 0.1) is 0 Å². The molecule has 19 heavy (non-hydrogen) atoms. The summed E-state index contributed by atoms with van der Waals surface area (Å²) in [6, 6.07) is 4.14. The Morgan fingerprint density at radius 1 is 1.26 bits per heavy atom. The highest BCUT2D eigenvalue weighted by atomic mass is 16.5. The van der Waals surface area contributed by atoms with Gasteiger partial charge in [-0.15, -0.1) is 0 Å². The average molecular weight is 258 g/mol. The topological polar surface area (TPSA) is 59.9 Å². The highest BCUT2D eigenvalue weighted by Crippen LogP contribution is 2.23. The van der Waals surface area contributed by atoms with E-state index in [9.17, 15) is 0 Å². The third kappa shape index (κ3) is 3.48. The Hall–Kier alpha value is -2.01. The van der Waals surface area contributed by atoms with E-state index in [1.807, 2.05) is 19.3 Å². The second kappa shape index (κ2) is 6.80. The summed E-state index contributed by atoms with van der Waals surface area (Å²) in [6.07, 6.45) is 8.84. The predicted molar refractivity (Wildman–Crippen MR) is 72.9 cm³/mol. The number of nitrogens with one attached hydrogen (secondary N) is 1. The van der Waals surface area contributed by atoms with Crippen molar-refractivity contribution in [2.24, 2.45) is 0 Å². The zero-order valence-electron chi connectivity index (χ0n) is 11.2. The van der Waals surface area contributed by atoms with E-state index in [0.29, 0.717) is 5.88 Å². The lowest BCUT2D eigenvalue weighted by molar-refractivity contribution is 0.377. The third-order valence-electron chi connectivity index (χ3n) is 3.01. The molecule has 100 valence electrons. The van der Waals surface area contributed by atoms with Crippen LogP contribution in [0.15, 0.2) is 36.9 Å². The van der Waals surface area contributed by atoms with E-state index >= 15 is 0 Å². The van der Waals surface area contributed by atoms with Gasteiger partial charge in [-0.3, -0.25) is 9.97 Å². The van der Waals surface area contributed by atoms with Crippen LogP contribution in [0.4, 0.5) is 0 Å². The molecule has 5 nitrogen and oxygen atoms in total. The largest absolute Gasteiger partial charge is 0.480 e. The molecule has 2 aromatic heterocycles. The number of aryl methyl sites for hydroxylation is 1.